The zero-order chi connectivity index (χ0) is 73.7. The molecule has 0 atom stereocenters. The first-order chi connectivity index (χ1) is 55.5. The third-order valence-corrected chi connectivity index (χ3v) is 24.3. The van der Waals surface area contributed by atoms with Crippen LogP contribution in [0.3, 0.4) is 0 Å². The summed E-state index contributed by atoms with van der Waals surface area (Å²) in [5, 5.41) is 9.88. The van der Waals surface area contributed by atoms with Crippen molar-refractivity contribution in [2.45, 2.75) is 0 Å². The maximum atomic E-state index is 5.32. The van der Waals surface area contributed by atoms with Crippen molar-refractivity contribution in [2.24, 2.45) is 0 Å². The van der Waals surface area contributed by atoms with E-state index in [-0.39, 0.29) is 0 Å². The Bertz CT molecular complexity index is 7450. The van der Waals surface area contributed by atoms with Gasteiger partial charge < -0.3 is 9.13 Å². The van der Waals surface area contributed by atoms with Crippen molar-refractivity contribution in [1.82, 2.24) is 39.0 Å². The van der Waals surface area contributed by atoms with E-state index in [0.717, 1.165) is 94.7 Å². The molecule has 0 bridgehead atoms. The van der Waals surface area contributed by atoms with Crippen molar-refractivity contribution >= 4 is 107 Å². The molecule has 0 saturated carbocycles. The van der Waals surface area contributed by atoms with Crippen molar-refractivity contribution in [1.29, 1.82) is 0 Å². The molecule has 6 heterocycles. The van der Waals surface area contributed by atoms with Gasteiger partial charge in [-0.2, -0.15) is 0 Å². The summed E-state index contributed by atoms with van der Waals surface area (Å²) in [6.45, 7) is 0. The van der Waals surface area contributed by atoms with Crippen LogP contribution in [-0.2, 0) is 0 Å². The SMILES string of the molecule is c1ccc(-c2nc(-c3ccccc3)nc(-c3cccc(-c4cccc(-n5c6ccccc6c6cc(-c7cccc8c7sc7cccc(-c9cccc(-c%10nc(-c%11ccccc%11)nc(-c%11ccc(-c%12cccc(-n%13c%14ccccc%14c%14cc(-c%15cccc%16c%15sc%15ccccc%15%16)ccc%14%13)c%12)cc%11)n%10)c9)c78)ccc65)c4)c3)n2)cc1. The molecular weight excluding hydrogens is 1400 g/mol. The Labute approximate surface area is 652 Å². The number of benzene rings is 16. The van der Waals surface area contributed by atoms with Crippen LogP contribution in [0.15, 0.2) is 376 Å². The second kappa shape index (κ2) is 26.8. The molecule has 0 radical (unpaired) electrons. The van der Waals surface area contributed by atoms with Crippen LogP contribution in [0.5, 0.6) is 0 Å². The quantitative estimate of drug-likeness (QED) is 0.114. The normalized spacial score (nSPS) is 11.8. The largest absolute Gasteiger partial charge is 0.309 e. The third-order valence-electron chi connectivity index (χ3n) is 21.8. The van der Waals surface area contributed by atoms with Crippen LogP contribution in [0.4, 0.5) is 0 Å². The zero-order valence-electron chi connectivity index (χ0n) is 60.2. The maximum Gasteiger partial charge on any atom is 0.164 e. The highest BCUT2D eigenvalue weighted by Gasteiger charge is 2.23. The van der Waals surface area contributed by atoms with Gasteiger partial charge in [-0.25, -0.2) is 29.9 Å². The van der Waals surface area contributed by atoms with E-state index in [1.54, 1.807) is 0 Å². The standard InChI is InChI=1S/C102H62N8S2/c1-4-23-64(24-5-1)97-103-98(65-25-6-2-7-26-65)106-101(105-97)74-33-16-29-68(57-74)70-31-19-36-77(60-70)110-89-46-14-11-38-82(89)87-62-73(54-56-91(87)110)80-42-21-44-85-94-78(40-22-48-93(94)112-96(80)85)71-32-17-34-75(58-71)102-107-99(66-27-8-3-9-28-66)104-100(108-102)67-51-49-63(50-52-67)69-30-18-35-76(59-69)109-88-45-13-10-37-81(88)86-61-72(53-55-90(86)109)79-41-20-43-84-83-39-12-15-47-92(83)111-95(79)84/h1-62H. The van der Waals surface area contributed by atoms with E-state index in [4.69, 9.17) is 29.9 Å². The Hall–Kier alpha value is -14.4. The van der Waals surface area contributed by atoms with Gasteiger partial charge in [-0.15, -0.1) is 22.7 Å². The Morgan fingerprint density at radius 2 is 0.500 bits per heavy atom. The number of rotatable bonds is 13. The Kier molecular flexibility index (Phi) is 15.5. The average Bonchev–Trinajstić information content (AvgIpc) is 1.58. The smallest absolute Gasteiger partial charge is 0.164 e. The predicted octanol–water partition coefficient (Wildman–Crippen LogP) is 27.3. The molecule has 8 nitrogen and oxygen atoms in total. The van der Waals surface area contributed by atoms with Crippen LogP contribution in [-0.4, -0.2) is 39.0 Å². The van der Waals surface area contributed by atoms with Gasteiger partial charge in [0.05, 0.1) is 22.1 Å². The molecule has 22 rings (SSSR count). The topological polar surface area (TPSA) is 87.2 Å². The number of hydrogen-bond acceptors (Lipinski definition) is 8. The van der Waals surface area contributed by atoms with Crippen molar-refractivity contribution in [3.63, 3.8) is 0 Å². The molecule has 112 heavy (non-hydrogen) atoms. The molecule has 16 aromatic carbocycles. The minimum atomic E-state index is 0.602. The van der Waals surface area contributed by atoms with Gasteiger partial charge in [0.15, 0.2) is 34.9 Å². The lowest BCUT2D eigenvalue weighted by molar-refractivity contribution is 1.07. The van der Waals surface area contributed by atoms with Gasteiger partial charge in [-0.3, -0.25) is 0 Å². The lowest BCUT2D eigenvalue weighted by Gasteiger charge is -2.12. The monoisotopic (exact) mass is 1460 g/mol. The van der Waals surface area contributed by atoms with Gasteiger partial charge >= 0.3 is 0 Å². The van der Waals surface area contributed by atoms with Crippen molar-refractivity contribution in [3.8, 4) is 135 Å². The number of thiophene rings is 2. The molecule has 0 fully saturated rings. The molecule has 22 aromatic rings. The number of nitrogens with zero attached hydrogens (tertiary/aromatic N) is 8. The summed E-state index contributed by atoms with van der Waals surface area (Å²) < 4.78 is 9.91. The van der Waals surface area contributed by atoms with Crippen LogP contribution >= 0.6 is 22.7 Å². The van der Waals surface area contributed by atoms with Gasteiger partial charge in [0, 0.05) is 107 Å². The summed E-state index contributed by atoms with van der Waals surface area (Å²) >= 11 is 3.73. The Morgan fingerprint density at radius 3 is 1.04 bits per heavy atom. The van der Waals surface area contributed by atoms with Crippen LogP contribution < -0.4 is 0 Å². The molecule has 0 unspecified atom stereocenters. The fourth-order valence-corrected chi connectivity index (χ4v) is 19.0. The highest BCUT2D eigenvalue weighted by molar-refractivity contribution is 7.26. The summed E-state index contributed by atoms with van der Waals surface area (Å²) in [6.07, 6.45) is 0. The molecule has 0 amide bonds. The van der Waals surface area contributed by atoms with E-state index in [2.05, 4.69) is 306 Å². The fraction of sp³-hybridized carbons (Fsp3) is 0. The second-order valence-electron chi connectivity index (χ2n) is 28.5. The van der Waals surface area contributed by atoms with Crippen LogP contribution in [0.1, 0.15) is 0 Å². The molecule has 0 aliphatic heterocycles. The molecule has 522 valence electrons. The summed E-state index contributed by atoms with van der Waals surface area (Å²) in [5.74, 6) is 3.70. The second-order valence-corrected chi connectivity index (χ2v) is 30.6. The lowest BCUT2D eigenvalue weighted by atomic mass is 9.96. The Morgan fingerprint density at radius 1 is 0.179 bits per heavy atom. The summed E-state index contributed by atoms with van der Waals surface area (Å²) in [5.41, 5.74) is 23.7. The molecule has 0 aliphatic rings. The highest BCUT2D eigenvalue weighted by atomic mass is 32.1. The third kappa shape index (κ3) is 11.2. The molecule has 6 aromatic heterocycles. The minimum Gasteiger partial charge on any atom is -0.309 e. The Balaban J connectivity index is 0.574. The van der Waals surface area contributed by atoms with Gasteiger partial charge in [0.25, 0.3) is 0 Å². The molecule has 0 saturated heterocycles. The maximum absolute atomic E-state index is 5.32. The number of para-hydroxylation sites is 2. The van der Waals surface area contributed by atoms with Gasteiger partial charge in [-0.05, 0) is 141 Å². The van der Waals surface area contributed by atoms with Crippen LogP contribution in [0, 0.1) is 0 Å². The first-order valence-electron chi connectivity index (χ1n) is 37.6. The first kappa shape index (κ1) is 64.7. The molecule has 0 spiro atoms. The first-order valence-corrected chi connectivity index (χ1v) is 39.3. The van der Waals surface area contributed by atoms with E-state index < -0.39 is 0 Å². The van der Waals surface area contributed by atoms with Gasteiger partial charge in [0.1, 0.15) is 0 Å². The highest BCUT2D eigenvalue weighted by Crippen LogP contribution is 2.48. The predicted molar refractivity (Wildman–Crippen MR) is 467 cm³/mol. The molecule has 10 heteroatoms. The lowest BCUT2D eigenvalue weighted by Crippen LogP contribution is -2.00. The van der Waals surface area contributed by atoms with Crippen LogP contribution in [0.2, 0.25) is 0 Å². The van der Waals surface area contributed by atoms with E-state index in [1.807, 2.05) is 102 Å². The van der Waals surface area contributed by atoms with Crippen molar-refractivity contribution in [3.05, 3.63) is 376 Å². The van der Waals surface area contributed by atoms with Crippen LogP contribution in [0.25, 0.3) is 219 Å². The number of hydrogen-bond donors (Lipinski definition) is 0. The van der Waals surface area contributed by atoms with E-state index >= 15 is 0 Å². The number of fused-ring (bicyclic) bond motifs is 12. The zero-order valence-corrected chi connectivity index (χ0v) is 61.8. The van der Waals surface area contributed by atoms with E-state index in [0.29, 0.717) is 34.9 Å². The summed E-state index contributed by atoms with van der Waals surface area (Å²) in [7, 11) is 0. The molecule has 0 N–H and O–H groups in total. The summed E-state index contributed by atoms with van der Waals surface area (Å²) in [4.78, 5) is 30.8. The van der Waals surface area contributed by atoms with Crippen molar-refractivity contribution in [2.75, 3.05) is 0 Å². The molecular formula is C102H62N8S2. The van der Waals surface area contributed by atoms with Gasteiger partial charge in [0.2, 0.25) is 0 Å². The average molecular weight is 1460 g/mol. The molecule has 0 aliphatic carbocycles. The van der Waals surface area contributed by atoms with Gasteiger partial charge in [-0.1, -0.05) is 291 Å². The van der Waals surface area contributed by atoms with E-state index in [9.17, 15) is 0 Å². The van der Waals surface area contributed by atoms with Crippen molar-refractivity contribution < 1.29 is 0 Å². The fourth-order valence-electron chi connectivity index (χ4n) is 16.5. The summed E-state index contributed by atoms with van der Waals surface area (Å²) in [6, 6.07) is 135. The minimum absolute atomic E-state index is 0.602. The van der Waals surface area contributed by atoms with E-state index in [1.165, 1.54) is 89.6 Å². The number of aromatic nitrogens is 8.